The number of carbonyl (C=O) groups excluding carboxylic acids is 1. The molecule has 0 saturated carbocycles. The molecule has 1 unspecified atom stereocenters. The molecule has 0 aromatic carbocycles. The Morgan fingerprint density at radius 2 is 2.40 bits per heavy atom. The summed E-state index contributed by atoms with van der Waals surface area (Å²) in [6.45, 7) is 1.69. The van der Waals surface area contributed by atoms with Crippen LogP contribution in [0, 0.1) is 5.92 Å². The summed E-state index contributed by atoms with van der Waals surface area (Å²) in [6.07, 6.45) is 1.91. The number of rotatable bonds is 2. The molecule has 1 rings (SSSR count). The highest BCUT2D eigenvalue weighted by atomic mass is 31.1. The monoisotopic (exact) mass is 159 g/mol. The molecule has 1 atom stereocenters. The highest BCUT2D eigenvalue weighted by molar-refractivity contribution is 7.46. The largest absolute Gasteiger partial charge is 0.316 e. The molecular formula is C6H10NO2P. The summed E-state index contributed by atoms with van der Waals surface area (Å²) in [4.78, 5) is 10.8. The topological polar surface area (TPSA) is 46.2 Å². The van der Waals surface area contributed by atoms with Gasteiger partial charge in [-0.05, 0) is 19.4 Å². The van der Waals surface area contributed by atoms with Crippen LogP contribution in [0.1, 0.15) is 12.8 Å². The zero-order valence-corrected chi connectivity index (χ0v) is 6.56. The van der Waals surface area contributed by atoms with E-state index in [-0.39, 0.29) is 19.9 Å². The second-order valence-electron chi connectivity index (χ2n) is 2.47. The van der Waals surface area contributed by atoms with Gasteiger partial charge in [0.15, 0.2) is 0 Å². The molecule has 1 aliphatic heterocycles. The molecule has 3 nitrogen and oxygen atoms in total. The molecule has 1 saturated heterocycles. The van der Waals surface area contributed by atoms with E-state index in [0.717, 1.165) is 19.4 Å². The first-order valence-electron chi connectivity index (χ1n) is 3.42. The van der Waals surface area contributed by atoms with Gasteiger partial charge in [-0.15, -0.1) is 0 Å². The molecular weight excluding hydrogens is 149 g/mol. The van der Waals surface area contributed by atoms with Crippen molar-refractivity contribution in [2.45, 2.75) is 12.8 Å². The van der Waals surface area contributed by atoms with Gasteiger partial charge in [0, 0.05) is 12.5 Å². The summed E-state index contributed by atoms with van der Waals surface area (Å²) in [6, 6.07) is 0. The molecule has 0 spiro atoms. The first-order valence-corrected chi connectivity index (χ1v) is 4.23. The molecule has 0 aromatic heterocycles. The van der Waals surface area contributed by atoms with Crippen LogP contribution in [0.5, 0.6) is 0 Å². The molecule has 1 heterocycles. The molecule has 0 aromatic rings. The number of nitrogens with one attached hydrogen (secondary N) is 1. The Kier molecular flexibility index (Phi) is 2.97. The second kappa shape index (κ2) is 3.79. The summed E-state index contributed by atoms with van der Waals surface area (Å²) >= 11 is 0. The Morgan fingerprint density at radius 1 is 1.60 bits per heavy atom. The van der Waals surface area contributed by atoms with Crippen molar-refractivity contribution in [3.8, 4) is 0 Å². The minimum absolute atomic E-state index is 0.00656. The number of piperidine rings is 1. The van der Waals surface area contributed by atoms with E-state index < -0.39 is 0 Å². The molecule has 56 valence electrons. The van der Waals surface area contributed by atoms with Crippen molar-refractivity contribution in [2.75, 3.05) is 13.1 Å². The second-order valence-corrected chi connectivity index (χ2v) is 3.10. The average Bonchev–Trinajstić information content (AvgIpc) is 2.05. The fourth-order valence-electron chi connectivity index (χ4n) is 1.14. The smallest absolute Gasteiger partial charge is 0.232 e. The van der Waals surface area contributed by atoms with Crippen molar-refractivity contribution in [1.82, 2.24) is 5.32 Å². The van der Waals surface area contributed by atoms with Crippen molar-refractivity contribution in [3.05, 3.63) is 0 Å². The molecule has 0 amide bonds. The minimum Gasteiger partial charge on any atom is -0.316 e. The van der Waals surface area contributed by atoms with Gasteiger partial charge in [0.2, 0.25) is 14.0 Å². The molecule has 1 fully saturated rings. The quantitative estimate of drug-likeness (QED) is 0.606. The lowest BCUT2D eigenvalue weighted by Gasteiger charge is -2.18. The van der Waals surface area contributed by atoms with Gasteiger partial charge in [0.25, 0.3) is 0 Å². The highest BCUT2D eigenvalue weighted by Crippen LogP contribution is 2.15. The van der Waals surface area contributed by atoms with Crippen molar-refractivity contribution < 1.29 is 9.36 Å². The fraction of sp³-hybridized carbons (Fsp3) is 0.833. The summed E-state index contributed by atoms with van der Waals surface area (Å²) < 4.78 is 10.1. The highest BCUT2D eigenvalue weighted by Gasteiger charge is 2.20. The lowest BCUT2D eigenvalue weighted by Crippen LogP contribution is -2.32. The standard InChI is InChI=1S/C6H10NO2P/c8-6(10-9)5-2-1-3-7-4-5/h5,7H,1-4H2. The number of carbonyl (C=O) groups is 1. The van der Waals surface area contributed by atoms with Crippen molar-refractivity contribution in [2.24, 2.45) is 5.92 Å². The van der Waals surface area contributed by atoms with Crippen LogP contribution in [0.25, 0.3) is 0 Å². The van der Waals surface area contributed by atoms with Crippen LogP contribution < -0.4 is 5.32 Å². The molecule has 0 aliphatic carbocycles. The van der Waals surface area contributed by atoms with Crippen LogP contribution >= 0.6 is 8.46 Å². The third-order valence-corrected chi connectivity index (χ3v) is 2.28. The zero-order chi connectivity index (χ0) is 7.40. The van der Waals surface area contributed by atoms with Crippen LogP contribution in [-0.2, 0) is 9.36 Å². The third-order valence-electron chi connectivity index (χ3n) is 1.74. The predicted octanol–water partition coefficient (Wildman–Crippen LogP) is 0.804. The summed E-state index contributed by atoms with van der Waals surface area (Å²) in [7, 11) is -0.332. The van der Waals surface area contributed by atoms with E-state index in [1.807, 2.05) is 0 Å². The molecule has 0 radical (unpaired) electrons. The van der Waals surface area contributed by atoms with Gasteiger partial charge in [-0.3, -0.25) is 9.36 Å². The van der Waals surface area contributed by atoms with E-state index in [1.165, 1.54) is 0 Å². The third kappa shape index (κ3) is 1.86. The van der Waals surface area contributed by atoms with Crippen molar-refractivity contribution in [1.29, 1.82) is 0 Å². The lowest BCUT2D eigenvalue weighted by molar-refractivity contribution is -0.115. The summed E-state index contributed by atoms with van der Waals surface area (Å²) in [5.74, 6) is -0.00656. The zero-order valence-electron chi connectivity index (χ0n) is 5.67. The van der Waals surface area contributed by atoms with Crippen LogP contribution in [0.2, 0.25) is 0 Å². The average molecular weight is 159 g/mol. The molecule has 1 aliphatic rings. The molecule has 1 N–H and O–H groups in total. The first kappa shape index (κ1) is 7.83. The maximum atomic E-state index is 10.8. The van der Waals surface area contributed by atoms with Gasteiger partial charge >= 0.3 is 0 Å². The van der Waals surface area contributed by atoms with Gasteiger partial charge in [0.1, 0.15) is 0 Å². The van der Waals surface area contributed by atoms with Gasteiger partial charge in [-0.2, -0.15) is 0 Å². The molecule has 4 heteroatoms. The Bertz CT molecular complexity index is 143. The van der Waals surface area contributed by atoms with Gasteiger partial charge < -0.3 is 5.32 Å². The first-order chi connectivity index (χ1) is 4.84. The Balaban J connectivity index is 2.38. The van der Waals surface area contributed by atoms with E-state index >= 15 is 0 Å². The predicted molar refractivity (Wildman–Crippen MR) is 38.2 cm³/mol. The van der Waals surface area contributed by atoms with Crippen molar-refractivity contribution >= 4 is 14.0 Å². The van der Waals surface area contributed by atoms with E-state index in [1.54, 1.807) is 0 Å². The normalized spacial score (nSPS) is 26.6. The summed E-state index contributed by atoms with van der Waals surface area (Å²) in [5, 5.41) is 3.09. The van der Waals surface area contributed by atoms with Crippen LogP contribution in [-0.4, -0.2) is 18.6 Å². The minimum atomic E-state index is -0.332. The van der Waals surface area contributed by atoms with E-state index in [2.05, 4.69) is 5.32 Å². The van der Waals surface area contributed by atoms with Crippen LogP contribution in [0.3, 0.4) is 0 Å². The SMILES string of the molecule is O=PC(=O)C1CCCNC1. The Labute approximate surface area is 61.4 Å². The molecule has 0 bridgehead atoms. The number of hydrogen-bond donors (Lipinski definition) is 1. The lowest BCUT2D eigenvalue weighted by atomic mass is 10.0. The Morgan fingerprint density at radius 3 is 2.90 bits per heavy atom. The van der Waals surface area contributed by atoms with Crippen molar-refractivity contribution in [3.63, 3.8) is 0 Å². The van der Waals surface area contributed by atoms with E-state index in [4.69, 9.17) is 0 Å². The maximum Gasteiger partial charge on any atom is 0.232 e. The van der Waals surface area contributed by atoms with E-state index in [9.17, 15) is 9.36 Å². The summed E-state index contributed by atoms with van der Waals surface area (Å²) in [5.41, 5.74) is -0.160. The van der Waals surface area contributed by atoms with Gasteiger partial charge in [0.05, 0.1) is 0 Å². The maximum absolute atomic E-state index is 10.8. The Hall–Kier alpha value is -0.270. The van der Waals surface area contributed by atoms with Gasteiger partial charge in [-0.1, -0.05) is 0 Å². The van der Waals surface area contributed by atoms with Crippen LogP contribution in [0.15, 0.2) is 0 Å². The molecule has 10 heavy (non-hydrogen) atoms. The number of hydrogen-bond acceptors (Lipinski definition) is 3. The van der Waals surface area contributed by atoms with Gasteiger partial charge in [-0.25, -0.2) is 0 Å². The van der Waals surface area contributed by atoms with Crippen LogP contribution in [0.4, 0.5) is 0 Å². The van der Waals surface area contributed by atoms with E-state index in [0.29, 0.717) is 6.54 Å². The fourth-order valence-corrected chi connectivity index (χ4v) is 1.51.